The van der Waals surface area contributed by atoms with E-state index in [-0.39, 0.29) is 23.9 Å². The van der Waals surface area contributed by atoms with Crippen molar-refractivity contribution in [3.8, 4) is 5.75 Å². The number of likely N-dealkylation sites (N-methyl/N-ethyl adjacent to an activating group) is 1. The zero-order valence-corrected chi connectivity index (χ0v) is 14.5. The SMILES string of the molecule is Cc1cccc(OC(F)F)c1NC(=O)Nc1cnn(CC(=O)N(C)C)c1. The average molecular weight is 367 g/mol. The van der Waals surface area contributed by atoms with Gasteiger partial charge in [-0.2, -0.15) is 13.9 Å². The van der Waals surface area contributed by atoms with Crippen molar-refractivity contribution in [2.45, 2.75) is 20.1 Å². The van der Waals surface area contributed by atoms with E-state index >= 15 is 0 Å². The Labute approximate surface area is 148 Å². The Morgan fingerprint density at radius 1 is 1.31 bits per heavy atom. The predicted molar refractivity (Wildman–Crippen MR) is 91.4 cm³/mol. The third kappa shape index (κ3) is 5.16. The number of benzene rings is 1. The zero-order chi connectivity index (χ0) is 19.3. The van der Waals surface area contributed by atoms with Crippen molar-refractivity contribution >= 4 is 23.3 Å². The van der Waals surface area contributed by atoms with Gasteiger partial charge >= 0.3 is 12.6 Å². The summed E-state index contributed by atoms with van der Waals surface area (Å²) in [6, 6.07) is 3.87. The van der Waals surface area contributed by atoms with Gasteiger partial charge in [-0.25, -0.2) is 4.79 Å². The molecule has 0 saturated carbocycles. The van der Waals surface area contributed by atoms with Gasteiger partial charge in [-0.1, -0.05) is 12.1 Å². The normalized spacial score (nSPS) is 10.5. The fourth-order valence-electron chi connectivity index (χ4n) is 2.07. The summed E-state index contributed by atoms with van der Waals surface area (Å²) in [6.07, 6.45) is 2.85. The number of hydrogen-bond donors (Lipinski definition) is 2. The second kappa shape index (κ2) is 8.28. The lowest BCUT2D eigenvalue weighted by Gasteiger charge is -2.14. The molecule has 0 spiro atoms. The standard InChI is InChI=1S/C16H19F2N5O3/c1-10-5-4-6-12(26-15(17)18)14(10)21-16(25)20-11-7-19-23(8-11)9-13(24)22(2)3/h4-8,15H,9H2,1-3H3,(H2,20,21,25). The molecule has 3 amide bonds. The molecule has 0 fully saturated rings. The lowest BCUT2D eigenvalue weighted by molar-refractivity contribution is -0.129. The Morgan fingerprint density at radius 3 is 2.69 bits per heavy atom. The maximum Gasteiger partial charge on any atom is 0.387 e. The number of anilines is 2. The molecule has 0 bridgehead atoms. The van der Waals surface area contributed by atoms with E-state index in [4.69, 9.17) is 0 Å². The molecule has 0 saturated heterocycles. The van der Waals surface area contributed by atoms with Gasteiger partial charge in [0.25, 0.3) is 0 Å². The van der Waals surface area contributed by atoms with Crippen molar-refractivity contribution in [1.82, 2.24) is 14.7 Å². The Hall–Kier alpha value is -3.17. The third-order valence-electron chi connectivity index (χ3n) is 3.38. The van der Waals surface area contributed by atoms with Gasteiger partial charge in [0.1, 0.15) is 12.3 Å². The van der Waals surface area contributed by atoms with E-state index in [0.29, 0.717) is 11.3 Å². The van der Waals surface area contributed by atoms with Crippen molar-refractivity contribution < 1.29 is 23.1 Å². The minimum atomic E-state index is -3.01. The molecule has 0 aliphatic rings. The Bertz CT molecular complexity index is 792. The molecule has 0 radical (unpaired) electrons. The van der Waals surface area contributed by atoms with Crippen molar-refractivity contribution in [2.24, 2.45) is 0 Å². The van der Waals surface area contributed by atoms with Crippen LogP contribution in [-0.2, 0) is 11.3 Å². The minimum Gasteiger partial charge on any atom is -0.433 e. The van der Waals surface area contributed by atoms with Gasteiger partial charge in [0, 0.05) is 20.3 Å². The van der Waals surface area contributed by atoms with E-state index < -0.39 is 12.6 Å². The van der Waals surface area contributed by atoms with Crippen LogP contribution >= 0.6 is 0 Å². The summed E-state index contributed by atoms with van der Waals surface area (Å²) < 4.78 is 30.8. The van der Waals surface area contributed by atoms with Gasteiger partial charge in [0.2, 0.25) is 5.91 Å². The van der Waals surface area contributed by atoms with Crippen molar-refractivity contribution in [1.29, 1.82) is 0 Å². The predicted octanol–water partition coefficient (Wildman–Crippen LogP) is 2.53. The number of nitrogens with one attached hydrogen (secondary N) is 2. The van der Waals surface area contributed by atoms with Gasteiger partial charge in [-0.15, -0.1) is 0 Å². The summed E-state index contributed by atoms with van der Waals surface area (Å²) >= 11 is 0. The molecule has 0 aliphatic heterocycles. The topological polar surface area (TPSA) is 88.5 Å². The van der Waals surface area contributed by atoms with Gasteiger partial charge in [-0.3, -0.25) is 9.48 Å². The molecule has 0 unspecified atom stereocenters. The first-order chi connectivity index (χ1) is 12.3. The number of amides is 3. The number of halogens is 2. The largest absolute Gasteiger partial charge is 0.433 e. The second-order valence-corrected chi connectivity index (χ2v) is 5.62. The fourth-order valence-corrected chi connectivity index (χ4v) is 2.07. The maximum atomic E-state index is 12.5. The lowest BCUT2D eigenvalue weighted by atomic mass is 10.2. The first kappa shape index (κ1) is 19.2. The van der Waals surface area contributed by atoms with E-state index in [1.165, 1.54) is 28.0 Å². The van der Waals surface area contributed by atoms with Crippen LogP contribution in [0.5, 0.6) is 5.75 Å². The van der Waals surface area contributed by atoms with Crippen LogP contribution < -0.4 is 15.4 Å². The van der Waals surface area contributed by atoms with Crippen LogP contribution in [0.1, 0.15) is 5.56 Å². The van der Waals surface area contributed by atoms with Gasteiger partial charge < -0.3 is 20.3 Å². The van der Waals surface area contributed by atoms with E-state index in [9.17, 15) is 18.4 Å². The molecule has 140 valence electrons. The van der Waals surface area contributed by atoms with Gasteiger partial charge in [-0.05, 0) is 18.6 Å². The highest BCUT2D eigenvalue weighted by molar-refractivity contribution is 6.01. The summed E-state index contributed by atoms with van der Waals surface area (Å²) in [7, 11) is 3.25. The summed E-state index contributed by atoms with van der Waals surface area (Å²) in [5, 5.41) is 8.98. The lowest BCUT2D eigenvalue weighted by Crippen LogP contribution is -2.26. The number of alkyl halides is 2. The van der Waals surface area contributed by atoms with Crippen LogP contribution in [0.15, 0.2) is 30.6 Å². The number of hydrogen-bond acceptors (Lipinski definition) is 4. The molecule has 10 heteroatoms. The Balaban J connectivity index is 2.04. The molecule has 1 aromatic heterocycles. The number of carbonyl (C=O) groups is 2. The van der Waals surface area contributed by atoms with E-state index in [1.807, 2.05) is 0 Å². The smallest absolute Gasteiger partial charge is 0.387 e. The molecule has 8 nitrogen and oxygen atoms in total. The molecular weight excluding hydrogens is 348 g/mol. The van der Waals surface area contributed by atoms with E-state index in [2.05, 4.69) is 20.5 Å². The van der Waals surface area contributed by atoms with Gasteiger partial charge in [0.15, 0.2) is 0 Å². The molecule has 26 heavy (non-hydrogen) atoms. The highest BCUT2D eigenvalue weighted by Crippen LogP contribution is 2.29. The maximum absolute atomic E-state index is 12.5. The molecule has 0 atom stereocenters. The molecule has 1 heterocycles. The zero-order valence-electron chi connectivity index (χ0n) is 14.5. The Kier molecular flexibility index (Phi) is 6.10. The van der Waals surface area contributed by atoms with Crippen molar-refractivity contribution in [3.05, 3.63) is 36.2 Å². The van der Waals surface area contributed by atoms with E-state index in [0.717, 1.165) is 0 Å². The number of para-hydroxylation sites is 1. The number of nitrogens with zero attached hydrogens (tertiary/aromatic N) is 3. The number of ether oxygens (including phenoxy) is 1. The number of urea groups is 1. The van der Waals surface area contributed by atoms with Gasteiger partial charge in [0.05, 0.1) is 17.6 Å². The molecule has 1 aromatic carbocycles. The molecule has 0 aliphatic carbocycles. The van der Waals surface area contributed by atoms with Crippen molar-refractivity contribution in [2.75, 3.05) is 24.7 Å². The number of aromatic nitrogens is 2. The average Bonchev–Trinajstić information content (AvgIpc) is 2.97. The summed E-state index contributed by atoms with van der Waals surface area (Å²) in [5.41, 5.74) is 1.05. The van der Waals surface area contributed by atoms with E-state index in [1.54, 1.807) is 33.2 Å². The quantitative estimate of drug-likeness (QED) is 0.821. The first-order valence-corrected chi connectivity index (χ1v) is 7.61. The molecule has 2 N–H and O–H groups in total. The highest BCUT2D eigenvalue weighted by Gasteiger charge is 2.15. The van der Waals surface area contributed by atoms with Crippen LogP contribution in [-0.4, -0.2) is 47.3 Å². The van der Waals surface area contributed by atoms with Crippen molar-refractivity contribution in [3.63, 3.8) is 0 Å². The highest BCUT2D eigenvalue weighted by atomic mass is 19.3. The van der Waals surface area contributed by atoms with Crippen LogP contribution in [0, 0.1) is 6.92 Å². The monoisotopic (exact) mass is 367 g/mol. The Morgan fingerprint density at radius 2 is 2.04 bits per heavy atom. The number of aryl methyl sites for hydroxylation is 1. The fraction of sp³-hybridized carbons (Fsp3) is 0.312. The van der Waals surface area contributed by atoms with Crippen LogP contribution in [0.2, 0.25) is 0 Å². The summed E-state index contributed by atoms with van der Waals surface area (Å²) in [5.74, 6) is -0.291. The summed E-state index contributed by atoms with van der Waals surface area (Å²) in [4.78, 5) is 25.2. The van der Waals surface area contributed by atoms with Crippen LogP contribution in [0.3, 0.4) is 0 Å². The third-order valence-corrected chi connectivity index (χ3v) is 3.38. The molecule has 2 rings (SSSR count). The second-order valence-electron chi connectivity index (χ2n) is 5.62. The number of carbonyl (C=O) groups excluding carboxylic acids is 2. The van der Waals surface area contributed by atoms with Crippen LogP contribution in [0.4, 0.5) is 25.0 Å². The molecular formula is C16H19F2N5O3. The van der Waals surface area contributed by atoms with Crippen LogP contribution in [0.25, 0.3) is 0 Å². The first-order valence-electron chi connectivity index (χ1n) is 7.61. The number of rotatable bonds is 6. The molecule has 2 aromatic rings. The minimum absolute atomic E-state index is 0.0282. The summed E-state index contributed by atoms with van der Waals surface area (Å²) in [6.45, 7) is -1.33.